The van der Waals surface area contributed by atoms with Crippen LogP contribution in [-0.4, -0.2) is 29.2 Å². The lowest BCUT2D eigenvalue weighted by molar-refractivity contribution is -0.129. The van der Waals surface area contributed by atoms with Crippen LogP contribution in [0.2, 0.25) is 0 Å². The Hall–Kier alpha value is 0.0500. The number of carbonyl (C=O) groups excluding carboxylic acids is 1. The third-order valence-electron chi connectivity index (χ3n) is 0.782. The molecule has 0 heterocycles. The number of carbonyl (C=O) groups is 1. The van der Waals surface area contributed by atoms with Crippen LogP contribution in [0.25, 0.3) is 0 Å². The van der Waals surface area contributed by atoms with E-state index in [0.717, 1.165) is 0 Å². The molecule has 9 heavy (non-hydrogen) atoms. The average Bonchev–Trinajstić information content (AvgIpc) is 1.62. The lowest BCUT2D eigenvalue weighted by Gasteiger charge is -2.17. The monoisotopic (exact) mass is 169 g/mol. The van der Waals surface area contributed by atoms with Gasteiger partial charge < -0.3 is 4.90 Å². The second-order valence-corrected chi connectivity index (χ2v) is 3.79. The molecule has 0 saturated carbocycles. The van der Waals surface area contributed by atoms with Crippen molar-refractivity contribution in [3.63, 3.8) is 0 Å². The second kappa shape index (κ2) is 2.76. The molecule has 2 nitrogen and oxygen atoms in total. The van der Waals surface area contributed by atoms with Crippen molar-refractivity contribution in [3.8, 4) is 0 Å². The highest BCUT2D eigenvalue weighted by atomic mass is 35.5. The summed E-state index contributed by atoms with van der Waals surface area (Å²) in [5.74, 6) is -0.300. The number of alkyl halides is 2. The van der Waals surface area contributed by atoms with Gasteiger partial charge in [-0.25, -0.2) is 0 Å². The summed E-state index contributed by atoms with van der Waals surface area (Å²) in [6.07, 6.45) is 0. The molecule has 54 valence electrons. The van der Waals surface area contributed by atoms with Gasteiger partial charge in [0.2, 0.25) is 0 Å². The number of hydrogen-bond acceptors (Lipinski definition) is 1. The van der Waals surface area contributed by atoms with Gasteiger partial charge in [0.05, 0.1) is 0 Å². The van der Waals surface area contributed by atoms with Crippen LogP contribution in [-0.2, 0) is 4.79 Å². The zero-order chi connectivity index (χ0) is 7.65. The van der Waals surface area contributed by atoms with Gasteiger partial charge >= 0.3 is 0 Å². The molecule has 1 amide bonds. The fourth-order valence-corrected chi connectivity index (χ4v) is 0.731. The molecule has 0 fully saturated rings. The average molecular weight is 170 g/mol. The van der Waals surface area contributed by atoms with Crippen LogP contribution < -0.4 is 0 Å². The van der Waals surface area contributed by atoms with Gasteiger partial charge in [0.1, 0.15) is 0 Å². The van der Waals surface area contributed by atoms with Crippen LogP contribution in [0.15, 0.2) is 0 Å². The first-order chi connectivity index (χ1) is 3.85. The minimum atomic E-state index is -1.29. The Kier molecular flexibility index (Phi) is 2.77. The largest absolute Gasteiger partial charge is 0.346 e. The lowest BCUT2D eigenvalue weighted by atomic mass is 10.4. The molecule has 0 rings (SSSR count). The zero-order valence-corrected chi connectivity index (χ0v) is 7.12. The Morgan fingerprint density at radius 1 is 1.44 bits per heavy atom. The fourth-order valence-electron chi connectivity index (χ4n) is 0.393. The van der Waals surface area contributed by atoms with Crippen LogP contribution in [0.4, 0.5) is 0 Å². The molecule has 4 heteroatoms. The Bertz CT molecular complexity index is 117. The van der Waals surface area contributed by atoms with Gasteiger partial charge in [-0.05, 0) is 6.92 Å². The van der Waals surface area contributed by atoms with Crippen molar-refractivity contribution in [2.24, 2.45) is 0 Å². The van der Waals surface area contributed by atoms with E-state index in [2.05, 4.69) is 0 Å². The predicted octanol–water partition coefficient (Wildman–Crippen LogP) is 1.27. The maximum atomic E-state index is 10.8. The van der Waals surface area contributed by atoms with Crippen LogP contribution in [0.1, 0.15) is 6.92 Å². The third-order valence-corrected chi connectivity index (χ3v) is 1.11. The Balaban J connectivity index is 4.06. The van der Waals surface area contributed by atoms with Gasteiger partial charge in [0.15, 0.2) is 4.33 Å². The molecule has 0 aliphatic rings. The smallest absolute Gasteiger partial charge is 0.258 e. The number of halogens is 2. The van der Waals surface area contributed by atoms with Crippen molar-refractivity contribution >= 4 is 29.1 Å². The second-order valence-electron chi connectivity index (χ2n) is 2.09. The summed E-state index contributed by atoms with van der Waals surface area (Å²) in [5.41, 5.74) is 0. The highest BCUT2D eigenvalue weighted by Crippen LogP contribution is 2.20. The van der Waals surface area contributed by atoms with E-state index in [4.69, 9.17) is 23.2 Å². The van der Waals surface area contributed by atoms with Gasteiger partial charge in [0.25, 0.3) is 5.91 Å². The molecule has 0 saturated heterocycles. The predicted molar refractivity (Wildman–Crippen MR) is 38.8 cm³/mol. The molecule has 0 aliphatic heterocycles. The number of hydrogen-bond donors (Lipinski definition) is 0. The van der Waals surface area contributed by atoms with Crippen LogP contribution in [0.5, 0.6) is 0 Å². The van der Waals surface area contributed by atoms with E-state index in [1.807, 2.05) is 0 Å². The third kappa shape index (κ3) is 2.92. The molecular formula is C5H9Cl2NO. The van der Waals surface area contributed by atoms with Crippen molar-refractivity contribution < 1.29 is 4.79 Å². The number of rotatable bonds is 1. The standard InChI is InChI=1S/C5H9Cl2NO/c1-5(6,7)4(9)8(2)3/h1-3H3. The van der Waals surface area contributed by atoms with Crippen LogP contribution >= 0.6 is 23.2 Å². The van der Waals surface area contributed by atoms with Gasteiger partial charge in [-0.1, -0.05) is 23.2 Å². The van der Waals surface area contributed by atoms with Gasteiger partial charge in [-0.2, -0.15) is 0 Å². The van der Waals surface area contributed by atoms with E-state index in [1.54, 1.807) is 14.1 Å². The summed E-state index contributed by atoms with van der Waals surface area (Å²) >= 11 is 10.9. The molecule has 0 aromatic rings. The molecule has 0 aromatic carbocycles. The van der Waals surface area contributed by atoms with Crippen molar-refractivity contribution in [1.82, 2.24) is 4.90 Å². The van der Waals surface area contributed by atoms with E-state index in [1.165, 1.54) is 11.8 Å². The molecular weight excluding hydrogens is 161 g/mol. The summed E-state index contributed by atoms with van der Waals surface area (Å²) in [6, 6.07) is 0. The Morgan fingerprint density at radius 3 is 1.78 bits per heavy atom. The van der Waals surface area contributed by atoms with Gasteiger partial charge in [-0.15, -0.1) is 0 Å². The maximum absolute atomic E-state index is 10.8. The number of nitrogens with zero attached hydrogens (tertiary/aromatic N) is 1. The Morgan fingerprint density at radius 2 is 1.78 bits per heavy atom. The fraction of sp³-hybridized carbons (Fsp3) is 0.800. The quantitative estimate of drug-likeness (QED) is 0.542. The normalized spacial score (nSPS) is 11.2. The first kappa shape index (κ1) is 9.05. The molecule has 0 atom stereocenters. The van der Waals surface area contributed by atoms with Crippen LogP contribution in [0.3, 0.4) is 0 Å². The van der Waals surface area contributed by atoms with E-state index in [0.29, 0.717) is 0 Å². The maximum Gasteiger partial charge on any atom is 0.258 e. The van der Waals surface area contributed by atoms with Crippen molar-refractivity contribution in [3.05, 3.63) is 0 Å². The lowest BCUT2D eigenvalue weighted by Crippen LogP contribution is -2.34. The first-order valence-corrected chi connectivity index (χ1v) is 3.21. The SMILES string of the molecule is CN(C)C(=O)C(C)(Cl)Cl. The number of amides is 1. The first-order valence-electron chi connectivity index (χ1n) is 2.45. The minimum absolute atomic E-state index is 0.300. The molecule has 0 bridgehead atoms. The minimum Gasteiger partial charge on any atom is -0.346 e. The molecule has 0 N–H and O–H groups in total. The van der Waals surface area contributed by atoms with Crippen molar-refractivity contribution in [2.75, 3.05) is 14.1 Å². The summed E-state index contributed by atoms with van der Waals surface area (Å²) in [4.78, 5) is 12.2. The van der Waals surface area contributed by atoms with E-state index < -0.39 is 4.33 Å². The van der Waals surface area contributed by atoms with Crippen molar-refractivity contribution in [1.29, 1.82) is 0 Å². The zero-order valence-electron chi connectivity index (χ0n) is 5.61. The summed E-state index contributed by atoms with van der Waals surface area (Å²) in [7, 11) is 3.21. The summed E-state index contributed by atoms with van der Waals surface area (Å²) in [6.45, 7) is 1.44. The molecule has 0 unspecified atom stereocenters. The Labute approximate surface area is 64.7 Å². The topological polar surface area (TPSA) is 20.3 Å². The van der Waals surface area contributed by atoms with E-state index in [-0.39, 0.29) is 5.91 Å². The van der Waals surface area contributed by atoms with Crippen LogP contribution in [0, 0.1) is 0 Å². The van der Waals surface area contributed by atoms with Gasteiger partial charge in [0, 0.05) is 14.1 Å². The molecule has 0 aromatic heterocycles. The highest BCUT2D eigenvalue weighted by molar-refractivity contribution is 6.57. The summed E-state index contributed by atoms with van der Waals surface area (Å²) in [5, 5.41) is 0. The molecule has 0 spiro atoms. The summed E-state index contributed by atoms with van der Waals surface area (Å²) < 4.78 is -1.29. The molecule has 0 aliphatic carbocycles. The molecule has 0 radical (unpaired) electrons. The van der Waals surface area contributed by atoms with Gasteiger partial charge in [-0.3, -0.25) is 4.79 Å². The van der Waals surface area contributed by atoms with E-state index >= 15 is 0 Å². The highest BCUT2D eigenvalue weighted by Gasteiger charge is 2.28. The van der Waals surface area contributed by atoms with Crippen molar-refractivity contribution in [2.45, 2.75) is 11.3 Å². The van der Waals surface area contributed by atoms with E-state index in [9.17, 15) is 4.79 Å².